The second-order valence-electron chi connectivity index (χ2n) is 5.18. The molecule has 0 heterocycles. The van der Waals surface area contributed by atoms with E-state index in [4.69, 9.17) is 0 Å². The highest BCUT2D eigenvalue weighted by atomic mass is 32.2. The summed E-state index contributed by atoms with van der Waals surface area (Å²) < 4.78 is 25.2. The normalized spacial score (nSPS) is 12.9. The summed E-state index contributed by atoms with van der Waals surface area (Å²) in [6, 6.07) is 13.7. The van der Waals surface area contributed by atoms with Crippen LogP contribution in [-0.4, -0.2) is 19.5 Å². The lowest BCUT2D eigenvalue weighted by molar-refractivity contribution is 0.0991. The molecular weight excluding hydrogens is 284 g/mol. The molecule has 4 heteroatoms. The highest BCUT2D eigenvalue weighted by Crippen LogP contribution is 2.22. The molecular formula is C17H18O3S. The lowest BCUT2D eigenvalue weighted by Crippen LogP contribution is -2.28. The lowest BCUT2D eigenvalue weighted by atomic mass is 10.1. The smallest absolute Gasteiger partial charge is 0.188 e. The monoisotopic (exact) mass is 302 g/mol. The van der Waals surface area contributed by atoms with Crippen molar-refractivity contribution >= 4 is 15.6 Å². The van der Waals surface area contributed by atoms with Crippen molar-refractivity contribution in [1.29, 1.82) is 0 Å². The maximum Gasteiger partial charge on any atom is 0.188 e. The number of benzene rings is 2. The first kappa shape index (κ1) is 15.4. The predicted molar refractivity (Wildman–Crippen MR) is 83.3 cm³/mol. The highest BCUT2D eigenvalue weighted by molar-refractivity contribution is 7.92. The second-order valence-corrected chi connectivity index (χ2v) is 7.42. The lowest BCUT2D eigenvalue weighted by Gasteiger charge is -2.14. The first-order valence-electron chi connectivity index (χ1n) is 6.74. The molecule has 0 aliphatic rings. The molecule has 0 N–H and O–H groups in total. The molecule has 0 bridgehead atoms. The maximum atomic E-state index is 12.6. The van der Waals surface area contributed by atoms with Gasteiger partial charge in [-0.25, -0.2) is 8.42 Å². The molecule has 0 aliphatic carbocycles. The van der Waals surface area contributed by atoms with Gasteiger partial charge < -0.3 is 0 Å². The number of aryl methyl sites for hydroxylation is 2. The van der Waals surface area contributed by atoms with Crippen molar-refractivity contribution in [2.24, 2.45) is 0 Å². The van der Waals surface area contributed by atoms with E-state index in [1.165, 1.54) is 6.92 Å². The van der Waals surface area contributed by atoms with Crippen molar-refractivity contribution in [3.8, 4) is 0 Å². The van der Waals surface area contributed by atoms with Gasteiger partial charge in [-0.1, -0.05) is 48.0 Å². The molecule has 0 spiro atoms. The van der Waals surface area contributed by atoms with E-state index < -0.39 is 15.1 Å². The van der Waals surface area contributed by atoms with Gasteiger partial charge in [0, 0.05) is 5.56 Å². The molecule has 0 radical (unpaired) electrons. The Labute approximate surface area is 125 Å². The maximum absolute atomic E-state index is 12.6. The van der Waals surface area contributed by atoms with Crippen LogP contribution in [0.5, 0.6) is 0 Å². The van der Waals surface area contributed by atoms with E-state index in [2.05, 4.69) is 0 Å². The molecule has 2 rings (SSSR count). The fraction of sp³-hybridized carbons (Fsp3) is 0.235. The third-order valence-electron chi connectivity index (χ3n) is 3.57. The van der Waals surface area contributed by atoms with Crippen LogP contribution in [-0.2, 0) is 9.84 Å². The van der Waals surface area contributed by atoms with Gasteiger partial charge in [-0.05, 0) is 32.4 Å². The molecule has 21 heavy (non-hydrogen) atoms. The number of ketones is 1. The first-order valence-corrected chi connectivity index (χ1v) is 8.29. The highest BCUT2D eigenvalue weighted by Gasteiger charge is 2.31. The number of carbonyl (C=O) groups excluding carboxylic acids is 1. The van der Waals surface area contributed by atoms with Crippen molar-refractivity contribution in [3.63, 3.8) is 0 Å². The van der Waals surface area contributed by atoms with Crippen LogP contribution < -0.4 is 0 Å². The summed E-state index contributed by atoms with van der Waals surface area (Å²) in [6.07, 6.45) is 0. The summed E-state index contributed by atoms with van der Waals surface area (Å²) in [4.78, 5) is 12.6. The minimum absolute atomic E-state index is 0.220. The third-order valence-corrected chi connectivity index (χ3v) is 5.79. The summed E-state index contributed by atoms with van der Waals surface area (Å²) in [6.45, 7) is 5.10. The van der Waals surface area contributed by atoms with E-state index in [-0.39, 0.29) is 10.7 Å². The molecule has 1 unspecified atom stereocenters. The van der Waals surface area contributed by atoms with Crippen LogP contribution in [0.25, 0.3) is 0 Å². The number of rotatable bonds is 4. The van der Waals surface area contributed by atoms with Gasteiger partial charge in [0.2, 0.25) is 0 Å². The van der Waals surface area contributed by atoms with E-state index >= 15 is 0 Å². The predicted octanol–water partition coefficient (Wildman–Crippen LogP) is 3.35. The second kappa shape index (κ2) is 5.82. The fourth-order valence-corrected chi connectivity index (χ4v) is 3.74. The van der Waals surface area contributed by atoms with Gasteiger partial charge in [0.1, 0.15) is 5.25 Å². The fourth-order valence-electron chi connectivity index (χ4n) is 2.16. The number of hydrogen-bond acceptors (Lipinski definition) is 3. The quantitative estimate of drug-likeness (QED) is 0.814. The molecule has 0 saturated heterocycles. The first-order chi connectivity index (χ1) is 9.84. The summed E-state index contributed by atoms with van der Waals surface area (Å²) in [5, 5.41) is -1.10. The van der Waals surface area contributed by atoms with E-state index in [9.17, 15) is 13.2 Å². The summed E-state index contributed by atoms with van der Waals surface area (Å²) in [5.41, 5.74) is 2.10. The zero-order valence-electron chi connectivity index (χ0n) is 12.3. The molecule has 3 nitrogen and oxygen atoms in total. The van der Waals surface area contributed by atoms with Gasteiger partial charge in [-0.2, -0.15) is 0 Å². The van der Waals surface area contributed by atoms with Crippen LogP contribution in [0.4, 0.5) is 0 Å². The molecule has 0 aromatic heterocycles. The Hall–Kier alpha value is -1.94. The Bertz CT molecular complexity index is 759. The van der Waals surface area contributed by atoms with Gasteiger partial charge in [0.05, 0.1) is 4.90 Å². The number of carbonyl (C=O) groups is 1. The van der Waals surface area contributed by atoms with E-state index in [1.54, 1.807) is 55.5 Å². The van der Waals surface area contributed by atoms with E-state index in [1.807, 2.05) is 6.92 Å². The molecule has 0 aliphatic heterocycles. The Morgan fingerprint density at radius 1 is 0.952 bits per heavy atom. The molecule has 2 aromatic rings. The number of sulfone groups is 1. The van der Waals surface area contributed by atoms with Crippen molar-refractivity contribution in [1.82, 2.24) is 0 Å². The standard InChI is InChI=1S/C17H18O3S/c1-12-8-10-15(11-9-12)17(18)14(3)21(19,20)16-7-5-4-6-13(16)2/h4-11,14H,1-3H3. The molecule has 0 amide bonds. The molecule has 0 fully saturated rings. The Balaban J connectivity index is 2.39. The number of hydrogen-bond donors (Lipinski definition) is 0. The molecule has 0 saturated carbocycles. The van der Waals surface area contributed by atoms with Gasteiger partial charge in [-0.3, -0.25) is 4.79 Å². The van der Waals surface area contributed by atoms with Crippen LogP contribution in [0.1, 0.15) is 28.4 Å². The third kappa shape index (κ3) is 3.05. The zero-order chi connectivity index (χ0) is 15.6. The van der Waals surface area contributed by atoms with Crippen LogP contribution in [0, 0.1) is 13.8 Å². The topological polar surface area (TPSA) is 51.2 Å². The average molecular weight is 302 g/mol. The van der Waals surface area contributed by atoms with Crippen LogP contribution in [0.3, 0.4) is 0 Å². The van der Waals surface area contributed by atoms with Gasteiger partial charge in [0.25, 0.3) is 0 Å². The molecule has 110 valence electrons. The van der Waals surface area contributed by atoms with Crippen LogP contribution in [0.15, 0.2) is 53.4 Å². The largest absolute Gasteiger partial charge is 0.293 e. The summed E-state index contributed by atoms with van der Waals surface area (Å²) in [7, 11) is -3.68. The van der Waals surface area contributed by atoms with Crippen molar-refractivity contribution < 1.29 is 13.2 Å². The Morgan fingerprint density at radius 3 is 2.10 bits per heavy atom. The SMILES string of the molecule is Cc1ccc(C(=O)C(C)S(=O)(=O)c2ccccc2C)cc1. The van der Waals surface area contributed by atoms with Crippen molar-refractivity contribution in [3.05, 3.63) is 65.2 Å². The zero-order valence-corrected chi connectivity index (χ0v) is 13.1. The minimum atomic E-state index is -3.68. The van der Waals surface area contributed by atoms with Crippen LogP contribution >= 0.6 is 0 Å². The molecule has 2 aromatic carbocycles. The van der Waals surface area contributed by atoms with Gasteiger partial charge >= 0.3 is 0 Å². The minimum Gasteiger partial charge on any atom is -0.293 e. The van der Waals surface area contributed by atoms with Crippen molar-refractivity contribution in [2.75, 3.05) is 0 Å². The van der Waals surface area contributed by atoms with E-state index in [0.717, 1.165) is 5.56 Å². The van der Waals surface area contributed by atoms with Gasteiger partial charge in [0.15, 0.2) is 15.6 Å². The van der Waals surface area contributed by atoms with Crippen LogP contribution in [0.2, 0.25) is 0 Å². The molecule has 1 atom stereocenters. The Kier molecular flexibility index (Phi) is 4.28. The van der Waals surface area contributed by atoms with Gasteiger partial charge in [-0.15, -0.1) is 0 Å². The van der Waals surface area contributed by atoms with Crippen molar-refractivity contribution in [2.45, 2.75) is 30.9 Å². The Morgan fingerprint density at radius 2 is 1.52 bits per heavy atom. The summed E-state index contributed by atoms with van der Waals surface area (Å²) >= 11 is 0. The average Bonchev–Trinajstić information content (AvgIpc) is 2.46. The number of Topliss-reactive ketones (excluding diaryl/α,β-unsaturated/α-hetero) is 1. The van der Waals surface area contributed by atoms with E-state index in [0.29, 0.717) is 11.1 Å². The summed E-state index contributed by atoms with van der Waals surface area (Å²) in [5.74, 6) is -0.377.